The number of urea groups is 1. The van der Waals surface area contributed by atoms with Gasteiger partial charge in [-0.05, 0) is 25.5 Å². The third kappa shape index (κ3) is 5.08. The molecule has 0 saturated heterocycles. The van der Waals surface area contributed by atoms with Crippen LogP contribution in [0, 0.1) is 0 Å². The molecule has 2 atom stereocenters. The number of halogens is 1. The molecular weight excluding hydrogens is 398 g/mol. The van der Waals surface area contributed by atoms with Gasteiger partial charge >= 0.3 is 12.0 Å². The van der Waals surface area contributed by atoms with E-state index in [1.807, 2.05) is 19.1 Å². The van der Waals surface area contributed by atoms with Gasteiger partial charge in [-0.3, -0.25) is 0 Å². The van der Waals surface area contributed by atoms with E-state index >= 15 is 0 Å². The average molecular weight is 425 g/mol. The normalized spacial score (nSPS) is 18.2. The Bertz CT molecular complexity index is 673. The van der Waals surface area contributed by atoms with Crippen LogP contribution in [0.3, 0.4) is 0 Å². The number of rotatable bonds is 8. The van der Waals surface area contributed by atoms with E-state index in [-0.39, 0.29) is 24.1 Å². The van der Waals surface area contributed by atoms with Crippen molar-refractivity contribution in [3.8, 4) is 0 Å². The zero-order chi connectivity index (χ0) is 19.1. The van der Waals surface area contributed by atoms with Crippen molar-refractivity contribution in [3.63, 3.8) is 0 Å². The summed E-state index contributed by atoms with van der Waals surface area (Å²) in [6.45, 7) is 6.65. The van der Waals surface area contributed by atoms with Gasteiger partial charge in [0.1, 0.15) is 12.6 Å². The van der Waals surface area contributed by atoms with Crippen molar-refractivity contribution in [1.29, 1.82) is 0 Å². The fourth-order valence-corrected chi connectivity index (χ4v) is 3.40. The summed E-state index contributed by atoms with van der Waals surface area (Å²) in [5.74, 6) is -0.369. The van der Waals surface area contributed by atoms with Crippen molar-refractivity contribution in [3.05, 3.63) is 45.6 Å². The smallest absolute Gasteiger partial charge is 0.338 e. The van der Waals surface area contributed by atoms with Crippen molar-refractivity contribution in [2.24, 2.45) is 0 Å². The van der Waals surface area contributed by atoms with E-state index in [2.05, 4.69) is 50.9 Å². The van der Waals surface area contributed by atoms with Crippen LogP contribution < -0.4 is 16.0 Å². The van der Waals surface area contributed by atoms with Gasteiger partial charge in [0.25, 0.3) is 0 Å². The first-order valence-corrected chi connectivity index (χ1v) is 9.85. The van der Waals surface area contributed by atoms with Crippen LogP contribution in [0.5, 0.6) is 0 Å². The Morgan fingerprint density at radius 3 is 2.54 bits per heavy atom. The zero-order valence-electron chi connectivity index (χ0n) is 15.5. The van der Waals surface area contributed by atoms with Crippen LogP contribution in [0.4, 0.5) is 4.79 Å². The molecular formula is C19H27BrN3O3+. The molecule has 0 unspecified atom stereocenters. The number of ether oxygens (including phenoxy) is 1. The van der Waals surface area contributed by atoms with Crippen LogP contribution in [-0.2, 0) is 9.53 Å². The van der Waals surface area contributed by atoms with Crippen molar-refractivity contribution in [1.82, 2.24) is 10.6 Å². The summed E-state index contributed by atoms with van der Waals surface area (Å²) in [5, 5.41) is 7.75. The summed E-state index contributed by atoms with van der Waals surface area (Å²) in [4.78, 5) is 24.4. The highest BCUT2D eigenvalue weighted by Gasteiger charge is 2.32. The van der Waals surface area contributed by atoms with Gasteiger partial charge in [0.15, 0.2) is 0 Å². The molecule has 0 aromatic heterocycles. The molecule has 0 saturated carbocycles. The first kappa shape index (κ1) is 20.5. The molecule has 1 aromatic rings. The molecule has 142 valence electrons. The van der Waals surface area contributed by atoms with Crippen LogP contribution >= 0.6 is 15.9 Å². The summed E-state index contributed by atoms with van der Waals surface area (Å²) < 4.78 is 6.24. The molecule has 7 heteroatoms. The molecule has 2 rings (SSSR count). The number of benzene rings is 1. The summed E-state index contributed by atoms with van der Waals surface area (Å²) in [6.07, 6.45) is 1.57. The minimum atomic E-state index is -0.369. The monoisotopic (exact) mass is 424 g/mol. The molecule has 0 fully saturated rings. The number of nitrogens with one attached hydrogen (secondary N) is 2. The Labute approximate surface area is 162 Å². The predicted molar refractivity (Wildman–Crippen MR) is 103 cm³/mol. The lowest BCUT2D eigenvalue weighted by Gasteiger charge is -2.28. The maximum atomic E-state index is 12.4. The lowest BCUT2D eigenvalue weighted by Crippen LogP contribution is -2.86. The molecule has 26 heavy (non-hydrogen) atoms. The van der Waals surface area contributed by atoms with Crippen LogP contribution in [-0.4, -0.2) is 31.2 Å². The highest BCUT2D eigenvalue weighted by molar-refractivity contribution is 9.10. The van der Waals surface area contributed by atoms with E-state index in [4.69, 9.17) is 4.74 Å². The molecule has 6 nitrogen and oxygen atoms in total. The topological polar surface area (TPSA) is 84.0 Å². The molecule has 0 radical (unpaired) electrons. The first-order chi connectivity index (χ1) is 12.5. The largest absolute Gasteiger partial charge is 0.463 e. The van der Waals surface area contributed by atoms with Crippen molar-refractivity contribution in [2.75, 3.05) is 13.2 Å². The van der Waals surface area contributed by atoms with Gasteiger partial charge in [-0.2, -0.15) is 0 Å². The number of hydrogen-bond donors (Lipinski definition) is 3. The van der Waals surface area contributed by atoms with Gasteiger partial charge in [-0.1, -0.05) is 41.9 Å². The Balaban J connectivity index is 2.22. The van der Waals surface area contributed by atoms with Crippen LogP contribution in [0.1, 0.15) is 45.2 Å². The second kappa shape index (κ2) is 9.73. The lowest BCUT2D eigenvalue weighted by atomic mass is 9.99. The van der Waals surface area contributed by atoms with E-state index in [0.29, 0.717) is 30.8 Å². The van der Waals surface area contributed by atoms with E-state index in [0.717, 1.165) is 10.9 Å². The summed E-state index contributed by atoms with van der Waals surface area (Å²) in [6, 6.07) is 7.87. The number of carbonyl (C=O) groups is 2. The number of hydrogen-bond acceptors (Lipinski definition) is 3. The van der Waals surface area contributed by atoms with Crippen molar-refractivity contribution in [2.45, 2.75) is 45.7 Å². The third-order valence-electron chi connectivity index (χ3n) is 4.49. The summed E-state index contributed by atoms with van der Waals surface area (Å²) >= 11 is 3.45. The maximum Gasteiger partial charge on any atom is 0.338 e. The van der Waals surface area contributed by atoms with Gasteiger partial charge in [0.05, 0.1) is 23.9 Å². The molecule has 1 heterocycles. The number of carbonyl (C=O) groups excluding carboxylic acids is 2. The average Bonchev–Trinajstić information content (AvgIpc) is 2.63. The molecule has 1 aromatic carbocycles. The molecule has 0 spiro atoms. The molecule has 0 aliphatic carbocycles. The molecule has 4 N–H and O–H groups in total. The standard InChI is InChI=1S/C19H26BrN3O3/c1-4-14(12-7-9-13(20)10-8-12)21-11-16-17(18(24)26-6-3)15(5-2)22-19(25)23-16/h7-10,14-15,21H,4-6,11H2,1-3H3,(H2,22,23,25)/p+1/t14-,15+/m1/s1. The fraction of sp³-hybridized carbons (Fsp3) is 0.474. The zero-order valence-corrected chi connectivity index (χ0v) is 17.1. The van der Waals surface area contributed by atoms with E-state index in [9.17, 15) is 9.59 Å². The van der Waals surface area contributed by atoms with E-state index < -0.39 is 0 Å². The quantitative estimate of drug-likeness (QED) is 0.560. The molecule has 0 bridgehead atoms. The Morgan fingerprint density at radius 2 is 1.96 bits per heavy atom. The lowest BCUT2D eigenvalue weighted by molar-refractivity contribution is -0.690. The number of amides is 2. The SMILES string of the molecule is CCOC(=O)C1=C(C[NH2+][C@H](CC)c2ccc(Br)cc2)NC(=O)N[C@H]1CC. The Morgan fingerprint density at radius 1 is 1.27 bits per heavy atom. The minimum absolute atomic E-state index is 0.242. The number of esters is 1. The number of nitrogens with two attached hydrogens (primary N) is 1. The highest BCUT2D eigenvalue weighted by atomic mass is 79.9. The van der Waals surface area contributed by atoms with Crippen LogP contribution in [0.15, 0.2) is 40.0 Å². The Kier molecular flexibility index (Phi) is 7.66. The van der Waals surface area contributed by atoms with Gasteiger partial charge in [-0.15, -0.1) is 0 Å². The van der Waals surface area contributed by atoms with E-state index in [1.54, 1.807) is 6.92 Å². The maximum absolute atomic E-state index is 12.4. The summed E-state index contributed by atoms with van der Waals surface area (Å²) in [5.41, 5.74) is 2.37. The highest BCUT2D eigenvalue weighted by Crippen LogP contribution is 2.18. The molecule has 1 aliphatic heterocycles. The van der Waals surface area contributed by atoms with Gasteiger partial charge in [-0.25, -0.2) is 9.59 Å². The molecule has 1 aliphatic rings. The second-order valence-corrected chi connectivity index (χ2v) is 7.09. The van der Waals surface area contributed by atoms with Crippen LogP contribution in [0.2, 0.25) is 0 Å². The van der Waals surface area contributed by atoms with Crippen LogP contribution in [0.25, 0.3) is 0 Å². The minimum Gasteiger partial charge on any atom is -0.463 e. The van der Waals surface area contributed by atoms with Gasteiger partial charge in [0, 0.05) is 16.5 Å². The first-order valence-electron chi connectivity index (χ1n) is 9.06. The van der Waals surface area contributed by atoms with Gasteiger partial charge < -0.3 is 20.7 Å². The number of quaternary nitrogens is 1. The fourth-order valence-electron chi connectivity index (χ4n) is 3.13. The summed E-state index contributed by atoms with van der Waals surface area (Å²) in [7, 11) is 0. The van der Waals surface area contributed by atoms with E-state index in [1.165, 1.54) is 5.56 Å². The van der Waals surface area contributed by atoms with Crippen molar-refractivity contribution < 1.29 is 19.6 Å². The Hall–Kier alpha value is -1.86. The van der Waals surface area contributed by atoms with Gasteiger partial charge in [0.2, 0.25) is 0 Å². The second-order valence-electron chi connectivity index (χ2n) is 6.18. The third-order valence-corrected chi connectivity index (χ3v) is 5.02. The predicted octanol–water partition coefficient (Wildman–Crippen LogP) is 2.37. The molecule has 2 amide bonds. The van der Waals surface area contributed by atoms with Crippen molar-refractivity contribution >= 4 is 27.9 Å².